The first-order valence-electron chi connectivity index (χ1n) is 7.71. The average Bonchev–Trinajstić information content (AvgIpc) is 2.55. The number of amides is 3. The molecule has 1 heterocycles. The van der Waals surface area contributed by atoms with Gasteiger partial charge in [-0.1, -0.05) is 6.42 Å². The number of benzene rings is 1. The van der Waals surface area contributed by atoms with Crippen LogP contribution in [0.5, 0.6) is 5.75 Å². The number of hydrogen-bond acceptors (Lipinski definition) is 5. The van der Waals surface area contributed by atoms with E-state index < -0.39 is 23.9 Å². The van der Waals surface area contributed by atoms with Crippen LogP contribution in [0.3, 0.4) is 0 Å². The van der Waals surface area contributed by atoms with Crippen molar-refractivity contribution in [3.05, 3.63) is 24.3 Å². The molecule has 0 spiro atoms. The van der Waals surface area contributed by atoms with Crippen LogP contribution < -0.4 is 15.4 Å². The fraction of sp³-hybridized carbons (Fsp3) is 0.438. The second kappa shape index (κ2) is 8.30. The lowest BCUT2D eigenvalue weighted by Crippen LogP contribution is -2.50. The molecule has 24 heavy (non-hydrogen) atoms. The average molecular weight is 335 g/mol. The summed E-state index contributed by atoms with van der Waals surface area (Å²) in [6.45, 7) is 0.414. The summed E-state index contributed by atoms with van der Waals surface area (Å²) in [5.74, 6) is -0.818. The van der Waals surface area contributed by atoms with Gasteiger partial charge >= 0.3 is 12.0 Å². The molecule has 1 aliphatic rings. The van der Waals surface area contributed by atoms with E-state index >= 15 is 0 Å². The maximum absolute atomic E-state index is 12.0. The van der Waals surface area contributed by atoms with Crippen molar-refractivity contribution in [2.45, 2.75) is 25.3 Å². The maximum Gasteiger partial charge on any atom is 0.325 e. The Balaban J connectivity index is 1.84. The van der Waals surface area contributed by atoms with Gasteiger partial charge in [0.15, 0.2) is 0 Å². The van der Waals surface area contributed by atoms with Crippen LogP contribution in [0.1, 0.15) is 19.3 Å². The number of carbonyl (C=O) groups is 3. The number of carbonyl (C=O) groups excluding carboxylic acids is 2. The first kappa shape index (κ1) is 17.7. The van der Waals surface area contributed by atoms with Gasteiger partial charge in [0.2, 0.25) is 5.91 Å². The summed E-state index contributed by atoms with van der Waals surface area (Å²) in [5.41, 5.74) is 0.516. The number of nitrogens with zero attached hydrogens (tertiary/aromatic N) is 1. The van der Waals surface area contributed by atoms with Crippen molar-refractivity contribution < 1.29 is 24.2 Å². The molecule has 2 rings (SSSR count). The third-order valence-corrected chi connectivity index (χ3v) is 3.85. The molecule has 1 atom stereocenters. The Bertz CT molecular complexity index is 602. The fourth-order valence-corrected chi connectivity index (χ4v) is 2.65. The first-order valence-corrected chi connectivity index (χ1v) is 7.71. The van der Waals surface area contributed by atoms with Crippen LogP contribution in [0.15, 0.2) is 24.3 Å². The van der Waals surface area contributed by atoms with Crippen molar-refractivity contribution in [1.29, 1.82) is 0 Å². The highest BCUT2D eigenvalue weighted by Crippen LogP contribution is 2.17. The Morgan fingerprint density at radius 2 is 1.96 bits per heavy atom. The van der Waals surface area contributed by atoms with Crippen molar-refractivity contribution in [1.82, 2.24) is 10.2 Å². The molecule has 0 radical (unpaired) electrons. The second-order valence-corrected chi connectivity index (χ2v) is 5.55. The number of imide groups is 1. The minimum absolute atomic E-state index is 0.118. The lowest BCUT2D eigenvalue weighted by Gasteiger charge is -2.31. The highest BCUT2D eigenvalue weighted by molar-refractivity contribution is 6.01. The zero-order chi connectivity index (χ0) is 17.5. The Kier molecular flexibility index (Phi) is 6.14. The number of carboxylic acid groups (broad SMARTS) is 1. The van der Waals surface area contributed by atoms with E-state index in [4.69, 9.17) is 4.74 Å². The van der Waals surface area contributed by atoms with Gasteiger partial charge in [0.05, 0.1) is 13.7 Å². The van der Waals surface area contributed by atoms with E-state index in [-0.39, 0.29) is 6.54 Å². The predicted molar refractivity (Wildman–Crippen MR) is 87.0 cm³/mol. The molecule has 1 saturated heterocycles. The minimum Gasteiger partial charge on any atom is -0.497 e. The molecule has 0 bridgehead atoms. The van der Waals surface area contributed by atoms with Gasteiger partial charge in [-0.2, -0.15) is 0 Å². The number of hydrogen-bond donors (Lipinski definition) is 3. The third-order valence-electron chi connectivity index (χ3n) is 3.85. The zero-order valence-corrected chi connectivity index (χ0v) is 13.4. The largest absolute Gasteiger partial charge is 0.497 e. The molecule has 8 heteroatoms. The molecule has 130 valence electrons. The van der Waals surface area contributed by atoms with Crippen LogP contribution in [-0.2, 0) is 9.59 Å². The van der Waals surface area contributed by atoms with Crippen LogP contribution in [0.25, 0.3) is 0 Å². The number of likely N-dealkylation sites (tertiary alicyclic amines) is 1. The minimum atomic E-state index is -0.940. The number of anilines is 1. The second-order valence-electron chi connectivity index (χ2n) is 5.55. The molecule has 3 amide bonds. The number of carboxylic acids is 1. The van der Waals surface area contributed by atoms with Crippen LogP contribution in [0.4, 0.5) is 10.5 Å². The van der Waals surface area contributed by atoms with Crippen LogP contribution in [0, 0.1) is 0 Å². The Labute approximate surface area is 139 Å². The molecule has 1 unspecified atom stereocenters. The molecular weight excluding hydrogens is 314 g/mol. The van der Waals surface area contributed by atoms with Gasteiger partial charge in [-0.3, -0.25) is 19.8 Å². The number of nitrogens with one attached hydrogen (secondary N) is 2. The van der Waals surface area contributed by atoms with E-state index in [0.717, 1.165) is 12.8 Å². The molecule has 3 N–H and O–H groups in total. The molecular formula is C16H21N3O5. The Hall–Kier alpha value is -2.61. The molecule has 0 aromatic heterocycles. The Morgan fingerprint density at radius 1 is 1.25 bits per heavy atom. The standard InChI is InChI=1S/C16H21N3O5/c1-24-12-7-5-11(6-8-12)17-16(23)18-14(20)10-19-9-3-2-4-13(19)15(21)22/h5-8,13H,2-4,9-10H2,1H3,(H,21,22)(H2,17,18,20,23). The quantitative estimate of drug-likeness (QED) is 0.748. The molecule has 1 aromatic rings. The van der Waals surface area contributed by atoms with E-state index in [0.29, 0.717) is 24.4 Å². The van der Waals surface area contributed by atoms with E-state index in [1.807, 2.05) is 0 Å². The number of rotatable bonds is 5. The summed E-state index contributed by atoms with van der Waals surface area (Å²) in [6, 6.07) is 5.33. The van der Waals surface area contributed by atoms with E-state index in [9.17, 15) is 19.5 Å². The summed E-state index contributed by atoms with van der Waals surface area (Å²) in [6.07, 6.45) is 2.18. The number of urea groups is 1. The van der Waals surface area contributed by atoms with E-state index in [2.05, 4.69) is 10.6 Å². The molecule has 1 fully saturated rings. The number of ether oxygens (including phenoxy) is 1. The van der Waals surface area contributed by atoms with Gasteiger partial charge in [-0.25, -0.2) is 4.79 Å². The third kappa shape index (κ3) is 4.95. The lowest BCUT2D eigenvalue weighted by molar-refractivity contribution is -0.145. The van der Waals surface area contributed by atoms with Crippen molar-refractivity contribution in [3.63, 3.8) is 0 Å². The lowest BCUT2D eigenvalue weighted by atomic mass is 10.0. The predicted octanol–water partition coefficient (Wildman–Crippen LogP) is 1.28. The van der Waals surface area contributed by atoms with Crippen LogP contribution in [-0.4, -0.2) is 54.2 Å². The molecule has 8 nitrogen and oxygen atoms in total. The van der Waals surface area contributed by atoms with Crippen molar-refractivity contribution in [3.8, 4) is 5.75 Å². The molecule has 0 aliphatic carbocycles. The summed E-state index contributed by atoms with van der Waals surface area (Å²) in [5, 5.41) is 13.9. The monoisotopic (exact) mass is 335 g/mol. The van der Waals surface area contributed by atoms with Gasteiger partial charge in [0.25, 0.3) is 0 Å². The van der Waals surface area contributed by atoms with Crippen LogP contribution in [0.2, 0.25) is 0 Å². The Morgan fingerprint density at radius 3 is 2.58 bits per heavy atom. The van der Waals surface area contributed by atoms with E-state index in [1.165, 1.54) is 0 Å². The normalized spacial score (nSPS) is 17.8. The van der Waals surface area contributed by atoms with Crippen molar-refractivity contribution >= 4 is 23.6 Å². The SMILES string of the molecule is COc1ccc(NC(=O)NC(=O)CN2CCCCC2C(=O)O)cc1. The number of methoxy groups -OCH3 is 1. The molecule has 1 aromatic carbocycles. The van der Waals surface area contributed by atoms with Gasteiger partial charge in [0.1, 0.15) is 11.8 Å². The van der Waals surface area contributed by atoms with Gasteiger partial charge in [-0.05, 0) is 43.7 Å². The summed E-state index contributed by atoms with van der Waals surface area (Å²) >= 11 is 0. The topological polar surface area (TPSA) is 108 Å². The maximum atomic E-state index is 12.0. The first-order chi connectivity index (χ1) is 11.5. The number of piperidine rings is 1. The summed E-state index contributed by atoms with van der Waals surface area (Å²) in [7, 11) is 1.54. The molecule has 0 saturated carbocycles. The smallest absolute Gasteiger partial charge is 0.325 e. The van der Waals surface area contributed by atoms with E-state index in [1.54, 1.807) is 36.3 Å². The molecule has 1 aliphatic heterocycles. The van der Waals surface area contributed by atoms with Gasteiger partial charge in [0, 0.05) is 5.69 Å². The summed E-state index contributed by atoms with van der Waals surface area (Å²) < 4.78 is 5.02. The van der Waals surface area contributed by atoms with Gasteiger partial charge < -0.3 is 15.2 Å². The summed E-state index contributed by atoms with van der Waals surface area (Å²) in [4.78, 5) is 36.6. The van der Waals surface area contributed by atoms with Crippen molar-refractivity contribution in [2.24, 2.45) is 0 Å². The fourth-order valence-electron chi connectivity index (χ4n) is 2.65. The van der Waals surface area contributed by atoms with Crippen LogP contribution >= 0.6 is 0 Å². The van der Waals surface area contributed by atoms with Gasteiger partial charge in [-0.15, -0.1) is 0 Å². The number of aliphatic carboxylic acids is 1. The highest BCUT2D eigenvalue weighted by Gasteiger charge is 2.29. The highest BCUT2D eigenvalue weighted by atomic mass is 16.5. The van der Waals surface area contributed by atoms with Crippen molar-refractivity contribution in [2.75, 3.05) is 25.5 Å². The zero-order valence-electron chi connectivity index (χ0n) is 13.4.